The number of aryl methyl sites for hydroxylation is 1. The first kappa shape index (κ1) is 37.7. The highest BCUT2D eigenvalue weighted by Crippen LogP contribution is 2.15. The van der Waals surface area contributed by atoms with E-state index in [0.29, 0.717) is 19.8 Å². The second-order valence-corrected chi connectivity index (χ2v) is 10.9. The van der Waals surface area contributed by atoms with Gasteiger partial charge in [-0.1, -0.05) is 96.5 Å². The maximum Gasteiger partial charge on any atom is 0.417 e. The Labute approximate surface area is 265 Å². The molecule has 2 unspecified atom stereocenters. The average Bonchev–Trinajstić information content (AvgIpc) is 3.42. The number of rotatable bonds is 22. The summed E-state index contributed by atoms with van der Waals surface area (Å²) in [4.78, 5) is 25.8. The third-order valence-corrected chi connectivity index (χ3v) is 7.40. The number of amides is 2. The molecule has 41 heavy (non-hydrogen) atoms. The molecule has 0 aromatic carbocycles. The van der Waals surface area contributed by atoms with Crippen molar-refractivity contribution in [2.24, 2.45) is 0 Å². The van der Waals surface area contributed by atoms with E-state index >= 15 is 0 Å². The van der Waals surface area contributed by atoms with Crippen LogP contribution in [0.1, 0.15) is 116 Å². The number of nitrogens with zero attached hydrogens (tertiary/aromatic N) is 2. The van der Waals surface area contributed by atoms with Crippen molar-refractivity contribution in [3.63, 3.8) is 0 Å². The number of hydrogen-bond acceptors (Lipinski definition) is 6. The second kappa shape index (κ2) is 24.2. The topological polar surface area (TPSA) is 78.2 Å². The zero-order chi connectivity index (χ0) is 28.8. The van der Waals surface area contributed by atoms with Gasteiger partial charge < -0.3 is 42.9 Å². The van der Waals surface area contributed by atoms with Crippen molar-refractivity contribution < 1.29 is 57.1 Å². The lowest BCUT2D eigenvalue weighted by Crippen LogP contribution is -3.00. The standard InChI is InChI=1S/C32H55N2O6.HI/c1-4-6-7-8-9-10-11-12-13-14-15-16-17-20-23-37-27-31-38-25-30(40-31)26-39-32(36)34(28(3)35)24-29-21-18-19-22-33(29)5-2;/h18-19,21-22,30-31H,4-17,20,23-27H2,1-3H3;1H/q+1;/p-1. The summed E-state index contributed by atoms with van der Waals surface area (Å²) in [5.74, 6) is -0.366. The van der Waals surface area contributed by atoms with Gasteiger partial charge in [-0.05, 0) is 13.3 Å². The van der Waals surface area contributed by atoms with Gasteiger partial charge in [-0.3, -0.25) is 4.79 Å². The molecule has 0 aliphatic carbocycles. The largest absolute Gasteiger partial charge is 1.00 e. The summed E-state index contributed by atoms with van der Waals surface area (Å²) in [7, 11) is 0. The third kappa shape index (κ3) is 16.8. The van der Waals surface area contributed by atoms with E-state index in [1.54, 1.807) is 0 Å². The maximum atomic E-state index is 12.6. The number of halogens is 1. The summed E-state index contributed by atoms with van der Waals surface area (Å²) in [5, 5.41) is 0. The van der Waals surface area contributed by atoms with E-state index in [1.807, 2.05) is 35.9 Å². The Hall–Kier alpha value is -1.30. The summed E-state index contributed by atoms with van der Waals surface area (Å²) in [5.41, 5.74) is 0.855. The van der Waals surface area contributed by atoms with Crippen molar-refractivity contribution >= 4 is 12.0 Å². The molecule has 0 spiro atoms. The SMILES string of the molecule is CCCCCCCCCCCCCCCCOCC1OCC(COC(=O)N(Cc2cccc[n+]2CC)C(C)=O)O1.[I-]. The Balaban J connectivity index is 0.00000840. The molecule has 236 valence electrons. The summed E-state index contributed by atoms with van der Waals surface area (Å²) in [6.45, 7) is 7.97. The molecule has 8 nitrogen and oxygen atoms in total. The number of ether oxygens (including phenoxy) is 4. The van der Waals surface area contributed by atoms with Crippen LogP contribution in [-0.4, -0.2) is 55.7 Å². The first-order chi connectivity index (χ1) is 19.5. The zero-order valence-corrected chi connectivity index (χ0v) is 28.0. The normalized spacial score (nSPS) is 16.4. The minimum atomic E-state index is -0.680. The molecule has 1 aromatic rings. The van der Waals surface area contributed by atoms with Crippen molar-refractivity contribution in [1.29, 1.82) is 0 Å². The summed E-state index contributed by atoms with van der Waals surface area (Å²) >= 11 is 0. The van der Waals surface area contributed by atoms with Crippen LogP contribution in [0.2, 0.25) is 0 Å². The van der Waals surface area contributed by atoms with Crippen molar-refractivity contribution in [2.45, 2.75) is 136 Å². The van der Waals surface area contributed by atoms with Crippen molar-refractivity contribution in [3.8, 4) is 0 Å². The Morgan fingerprint density at radius 2 is 1.51 bits per heavy atom. The molecule has 0 N–H and O–H groups in total. The highest BCUT2D eigenvalue weighted by Gasteiger charge is 2.29. The van der Waals surface area contributed by atoms with Crippen LogP contribution in [0.15, 0.2) is 24.4 Å². The van der Waals surface area contributed by atoms with Gasteiger partial charge in [0.2, 0.25) is 11.6 Å². The van der Waals surface area contributed by atoms with Gasteiger partial charge in [0, 0.05) is 25.7 Å². The Kier molecular flexibility index (Phi) is 22.2. The van der Waals surface area contributed by atoms with Crippen LogP contribution >= 0.6 is 0 Å². The van der Waals surface area contributed by atoms with Crippen molar-refractivity contribution in [2.75, 3.05) is 26.4 Å². The van der Waals surface area contributed by atoms with Crippen molar-refractivity contribution in [1.82, 2.24) is 4.90 Å². The summed E-state index contributed by atoms with van der Waals surface area (Å²) in [6.07, 6.45) is 19.1. The first-order valence-electron chi connectivity index (χ1n) is 15.8. The number of imide groups is 1. The Morgan fingerprint density at radius 1 is 0.902 bits per heavy atom. The van der Waals surface area contributed by atoms with Crippen LogP contribution < -0.4 is 28.5 Å². The van der Waals surface area contributed by atoms with Crippen LogP contribution in [0.25, 0.3) is 0 Å². The molecule has 1 aliphatic rings. The minimum absolute atomic E-state index is 0. The van der Waals surface area contributed by atoms with Gasteiger partial charge in [-0.2, -0.15) is 0 Å². The Bertz CT molecular complexity index is 827. The van der Waals surface area contributed by atoms with Crippen LogP contribution in [0, 0.1) is 0 Å². The lowest BCUT2D eigenvalue weighted by atomic mass is 10.0. The maximum absolute atomic E-state index is 12.6. The van der Waals surface area contributed by atoms with Crippen molar-refractivity contribution in [3.05, 3.63) is 30.1 Å². The van der Waals surface area contributed by atoms with E-state index in [2.05, 4.69) is 6.92 Å². The number of unbranched alkanes of at least 4 members (excludes halogenated alkanes) is 13. The molecular weight excluding hydrogens is 635 g/mol. The predicted octanol–water partition coefficient (Wildman–Crippen LogP) is 3.72. The fourth-order valence-corrected chi connectivity index (χ4v) is 4.93. The predicted molar refractivity (Wildman–Crippen MR) is 156 cm³/mol. The van der Waals surface area contributed by atoms with Crippen LogP contribution in [0.3, 0.4) is 0 Å². The lowest BCUT2D eigenvalue weighted by Gasteiger charge is -2.19. The van der Waals surface area contributed by atoms with Gasteiger partial charge in [0.25, 0.3) is 0 Å². The van der Waals surface area contributed by atoms with Gasteiger partial charge in [-0.25, -0.2) is 14.3 Å². The van der Waals surface area contributed by atoms with Crippen LogP contribution in [-0.2, 0) is 36.8 Å². The highest BCUT2D eigenvalue weighted by molar-refractivity contribution is 5.90. The first-order valence-corrected chi connectivity index (χ1v) is 15.8. The Morgan fingerprint density at radius 3 is 2.10 bits per heavy atom. The molecule has 1 saturated heterocycles. The molecule has 1 fully saturated rings. The molecule has 0 bridgehead atoms. The zero-order valence-electron chi connectivity index (χ0n) is 25.8. The smallest absolute Gasteiger partial charge is 0.417 e. The number of carbonyl (C=O) groups is 2. The number of pyridine rings is 1. The van der Waals surface area contributed by atoms with Gasteiger partial charge in [0.05, 0.1) is 13.2 Å². The number of aromatic nitrogens is 1. The molecule has 9 heteroatoms. The number of hydrogen-bond donors (Lipinski definition) is 0. The highest BCUT2D eigenvalue weighted by atomic mass is 127. The molecule has 1 aliphatic heterocycles. The van der Waals surface area contributed by atoms with Gasteiger partial charge in [0.15, 0.2) is 12.5 Å². The monoisotopic (exact) mass is 690 g/mol. The van der Waals surface area contributed by atoms with E-state index in [1.165, 1.54) is 90.4 Å². The van der Waals surface area contributed by atoms with Gasteiger partial charge >= 0.3 is 6.09 Å². The third-order valence-electron chi connectivity index (χ3n) is 7.40. The second-order valence-electron chi connectivity index (χ2n) is 10.9. The molecule has 1 aromatic heterocycles. The quantitative estimate of drug-likeness (QED) is 0.105. The lowest BCUT2D eigenvalue weighted by molar-refractivity contribution is -0.701. The van der Waals surface area contributed by atoms with E-state index in [0.717, 1.165) is 23.6 Å². The van der Waals surface area contributed by atoms with E-state index in [9.17, 15) is 9.59 Å². The van der Waals surface area contributed by atoms with Gasteiger partial charge in [-0.15, -0.1) is 0 Å². The number of carbonyl (C=O) groups excluding carboxylic acids is 2. The fraction of sp³-hybridized carbons (Fsp3) is 0.781. The molecule has 0 radical (unpaired) electrons. The molecule has 0 saturated carbocycles. The van der Waals surface area contributed by atoms with E-state index in [4.69, 9.17) is 18.9 Å². The van der Waals surface area contributed by atoms with E-state index < -0.39 is 12.4 Å². The summed E-state index contributed by atoms with van der Waals surface area (Å²) in [6, 6.07) is 5.70. The van der Waals surface area contributed by atoms with Gasteiger partial charge in [0.1, 0.15) is 25.8 Å². The van der Waals surface area contributed by atoms with E-state index in [-0.39, 0.29) is 49.1 Å². The summed E-state index contributed by atoms with van der Waals surface area (Å²) < 4.78 is 24.6. The fourth-order valence-electron chi connectivity index (χ4n) is 4.93. The molecule has 2 amide bonds. The molecule has 2 rings (SSSR count). The average molecular weight is 691 g/mol. The molecule has 2 atom stereocenters. The molecular formula is C32H55IN2O6. The molecule has 2 heterocycles. The minimum Gasteiger partial charge on any atom is -1.00 e. The van der Waals surface area contributed by atoms with Crippen LogP contribution in [0.4, 0.5) is 4.79 Å². The van der Waals surface area contributed by atoms with Crippen LogP contribution in [0.5, 0.6) is 0 Å².